The van der Waals surface area contributed by atoms with Gasteiger partial charge in [0.05, 0.1) is 12.0 Å². The molecule has 1 fully saturated rings. The van der Waals surface area contributed by atoms with Crippen LogP contribution in [0.15, 0.2) is 17.7 Å². The largest absolute Gasteiger partial charge is 0.394 e. The van der Waals surface area contributed by atoms with Gasteiger partial charge >= 0.3 is 0 Å². The monoisotopic (exact) mass is 323 g/mol. The Morgan fingerprint density at radius 2 is 2.26 bits per heavy atom. The maximum absolute atomic E-state index is 10.6. The van der Waals surface area contributed by atoms with Crippen molar-refractivity contribution in [1.82, 2.24) is 14.5 Å². The Bertz CT molecular complexity index is 746. The fraction of sp³-hybridized carbons (Fsp3) is 0.538. The van der Waals surface area contributed by atoms with Crippen molar-refractivity contribution in [1.29, 1.82) is 0 Å². The number of ether oxygens (including phenoxy) is 1. The van der Waals surface area contributed by atoms with Gasteiger partial charge in [-0.15, -0.1) is 0 Å². The van der Waals surface area contributed by atoms with Gasteiger partial charge in [-0.05, 0) is 6.92 Å². The van der Waals surface area contributed by atoms with Gasteiger partial charge in [-0.1, -0.05) is 5.18 Å². The molecule has 1 saturated heterocycles. The summed E-state index contributed by atoms with van der Waals surface area (Å²) in [5.74, 6) is 0.171. The predicted molar refractivity (Wildman–Crippen MR) is 79.1 cm³/mol. The maximum atomic E-state index is 10.6. The highest BCUT2D eigenvalue weighted by Gasteiger charge is 2.53. The Labute approximate surface area is 130 Å². The lowest BCUT2D eigenvalue weighted by Gasteiger charge is -2.27. The van der Waals surface area contributed by atoms with Gasteiger partial charge in [-0.25, -0.2) is 9.97 Å². The molecule has 1 aliphatic rings. The molecule has 4 atom stereocenters. The zero-order valence-corrected chi connectivity index (χ0v) is 12.3. The van der Waals surface area contributed by atoms with E-state index in [1.54, 1.807) is 0 Å². The summed E-state index contributed by atoms with van der Waals surface area (Å²) in [7, 11) is 0. The van der Waals surface area contributed by atoms with E-state index in [0.29, 0.717) is 16.6 Å². The van der Waals surface area contributed by atoms with Gasteiger partial charge < -0.3 is 30.4 Å². The van der Waals surface area contributed by atoms with Crippen LogP contribution >= 0.6 is 0 Å². The molecule has 0 amide bonds. The van der Waals surface area contributed by atoms with Gasteiger partial charge in [0, 0.05) is 11.8 Å². The minimum absolute atomic E-state index is 0.151. The van der Waals surface area contributed by atoms with E-state index in [9.17, 15) is 20.2 Å². The van der Waals surface area contributed by atoms with Gasteiger partial charge in [0.15, 0.2) is 6.23 Å². The predicted octanol–water partition coefficient (Wildman–Crippen LogP) is -0.719. The van der Waals surface area contributed by atoms with Gasteiger partial charge in [-0.2, -0.15) is 4.91 Å². The Morgan fingerprint density at radius 3 is 2.87 bits per heavy atom. The molecule has 0 aromatic carbocycles. The molecular formula is C13H17N5O5. The van der Waals surface area contributed by atoms with Crippen LogP contribution in [0.4, 0.5) is 5.82 Å². The van der Waals surface area contributed by atoms with Crippen LogP contribution in [0.2, 0.25) is 0 Å². The third kappa shape index (κ3) is 2.27. The van der Waals surface area contributed by atoms with E-state index in [4.69, 9.17) is 10.5 Å². The first kappa shape index (κ1) is 15.7. The van der Waals surface area contributed by atoms with Crippen molar-refractivity contribution < 1.29 is 20.1 Å². The second-order valence-corrected chi connectivity index (χ2v) is 5.69. The molecule has 0 bridgehead atoms. The van der Waals surface area contributed by atoms with E-state index < -0.39 is 30.6 Å². The third-order valence-corrected chi connectivity index (χ3v) is 4.14. The van der Waals surface area contributed by atoms with Crippen molar-refractivity contribution >= 4 is 16.9 Å². The number of nitroso groups, excluding NO2 is 1. The van der Waals surface area contributed by atoms with Crippen LogP contribution in [0.5, 0.6) is 0 Å². The highest BCUT2D eigenvalue weighted by Crippen LogP contribution is 2.40. The second kappa shape index (κ2) is 5.49. The quantitative estimate of drug-likeness (QED) is 0.537. The third-order valence-electron chi connectivity index (χ3n) is 4.14. The zero-order valence-electron chi connectivity index (χ0n) is 12.3. The molecule has 0 aliphatic carbocycles. The van der Waals surface area contributed by atoms with Crippen molar-refractivity contribution in [2.45, 2.75) is 37.5 Å². The van der Waals surface area contributed by atoms with Crippen LogP contribution in [0, 0.1) is 4.91 Å². The first-order chi connectivity index (χ1) is 10.9. The van der Waals surface area contributed by atoms with Gasteiger partial charge in [0.25, 0.3) is 0 Å². The first-order valence-electron chi connectivity index (χ1n) is 6.97. The number of nitrogens with two attached hydrogens (primary N) is 1. The van der Waals surface area contributed by atoms with Gasteiger partial charge in [-0.3, -0.25) is 0 Å². The van der Waals surface area contributed by atoms with Crippen molar-refractivity contribution in [2.24, 2.45) is 5.18 Å². The second-order valence-electron chi connectivity index (χ2n) is 5.69. The Morgan fingerprint density at radius 1 is 1.52 bits per heavy atom. The highest BCUT2D eigenvalue weighted by molar-refractivity contribution is 5.89. The maximum Gasteiger partial charge on any atom is 0.167 e. The highest BCUT2D eigenvalue weighted by atomic mass is 16.6. The standard InChI is InChI=1S/C13H17N5O5/c1-13(21)9(20)7(4-19)23-12(13)18-3-6(2-17-22)8-10(14)15-5-16-11(8)18/h3,5,7,9,12,19-21H,2,4H2,1H3,(H2,14,15,16)/t7?,9-,12?,13?/m1/s1. The SMILES string of the molecule is CC1(O)C(n2cc(CN=O)c3c(N)ncnc32)OC(CO)[C@H]1O. The number of fused-ring (bicyclic) bond motifs is 1. The van der Waals surface area contributed by atoms with Crippen LogP contribution in [0.25, 0.3) is 11.0 Å². The summed E-state index contributed by atoms with van der Waals surface area (Å²) in [5.41, 5.74) is 4.99. The van der Waals surface area contributed by atoms with Crippen LogP contribution in [0.3, 0.4) is 0 Å². The van der Waals surface area contributed by atoms with Crippen molar-refractivity contribution in [3.63, 3.8) is 0 Å². The zero-order chi connectivity index (χ0) is 16.8. The minimum Gasteiger partial charge on any atom is -0.394 e. The topological polar surface area (TPSA) is 156 Å². The molecule has 23 heavy (non-hydrogen) atoms. The van der Waals surface area contributed by atoms with Crippen LogP contribution in [0.1, 0.15) is 18.7 Å². The summed E-state index contributed by atoms with van der Waals surface area (Å²) in [6, 6.07) is 0. The smallest absolute Gasteiger partial charge is 0.167 e. The molecule has 1 aliphatic heterocycles. The summed E-state index contributed by atoms with van der Waals surface area (Å²) in [5, 5.41) is 33.3. The molecule has 2 aromatic rings. The lowest BCUT2D eigenvalue weighted by Crippen LogP contribution is -2.44. The first-order valence-corrected chi connectivity index (χ1v) is 6.97. The lowest BCUT2D eigenvalue weighted by atomic mass is 9.96. The molecule has 3 rings (SSSR count). The minimum atomic E-state index is -1.68. The summed E-state index contributed by atoms with van der Waals surface area (Å²) in [6.45, 7) is 0.792. The Kier molecular flexibility index (Phi) is 3.76. The molecule has 10 heteroatoms. The molecule has 124 valence electrons. The van der Waals surface area contributed by atoms with Crippen molar-refractivity contribution in [3.05, 3.63) is 23.0 Å². The molecule has 0 saturated carbocycles. The fourth-order valence-electron chi connectivity index (χ4n) is 2.95. The van der Waals surface area contributed by atoms with Crippen LogP contribution in [-0.4, -0.2) is 54.3 Å². The number of hydrogen-bond acceptors (Lipinski definition) is 9. The van der Waals surface area contributed by atoms with Crippen LogP contribution < -0.4 is 5.73 Å². The Balaban J connectivity index is 2.17. The molecule has 3 heterocycles. The molecule has 10 nitrogen and oxygen atoms in total. The van der Waals surface area contributed by atoms with Gasteiger partial charge in [0.1, 0.15) is 42.1 Å². The molecule has 0 spiro atoms. The molecular weight excluding hydrogens is 306 g/mol. The average molecular weight is 323 g/mol. The van der Waals surface area contributed by atoms with Crippen molar-refractivity contribution in [3.8, 4) is 0 Å². The van der Waals surface area contributed by atoms with Gasteiger partial charge in [0.2, 0.25) is 0 Å². The number of nitrogen functional groups attached to an aromatic ring is 1. The summed E-state index contributed by atoms with van der Waals surface area (Å²) in [6.07, 6.45) is -0.480. The van der Waals surface area contributed by atoms with E-state index in [1.165, 1.54) is 24.0 Å². The summed E-state index contributed by atoms with van der Waals surface area (Å²) in [4.78, 5) is 18.7. The number of rotatable bonds is 4. The number of nitrogens with zero attached hydrogens (tertiary/aromatic N) is 4. The van der Waals surface area contributed by atoms with E-state index in [1.807, 2.05) is 0 Å². The molecule has 2 aromatic heterocycles. The number of aromatic nitrogens is 3. The van der Waals surface area contributed by atoms with Crippen molar-refractivity contribution in [2.75, 3.05) is 12.3 Å². The molecule has 5 N–H and O–H groups in total. The van der Waals surface area contributed by atoms with E-state index in [0.717, 1.165) is 0 Å². The lowest BCUT2D eigenvalue weighted by molar-refractivity contribution is -0.0948. The molecule has 3 unspecified atom stereocenters. The van der Waals surface area contributed by atoms with E-state index in [-0.39, 0.29) is 12.4 Å². The summed E-state index contributed by atoms with van der Waals surface area (Å²) >= 11 is 0. The summed E-state index contributed by atoms with van der Waals surface area (Å²) < 4.78 is 7.03. The Hall–Kier alpha value is -2.14. The number of aliphatic hydroxyl groups excluding tert-OH is 2. The number of anilines is 1. The normalized spacial score (nSPS) is 30.9. The molecule has 0 radical (unpaired) electrons. The van der Waals surface area contributed by atoms with E-state index >= 15 is 0 Å². The fourth-order valence-corrected chi connectivity index (χ4v) is 2.95. The average Bonchev–Trinajstić information content (AvgIpc) is 2.97. The van der Waals surface area contributed by atoms with Crippen LogP contribution in [-0.2, 0) is 11.3 Å². The van der Waals surface area contributed by atoms with E-state index in [2.05, 4.69) is 15.1 Å². The number of aliphatic hydroxyl groups is 3. The number of hydrogen-bond donors (Lipinski definition) is 4.